The van der Waals surface area contributed by atoms with Crippen LogP contribution in [0.4, 0.5) is 11.5 Å². The lowest BCUT2D eigenvalue weighted by Gasteiger charge is -2.22. The molecule has 1 aromatic heterocycles. The molecule has 0 amide bonds. The van der Waals surface area contributed by atoms with Crippen molar-refractivity contribution in [1.82, 2.24) is 9.55 Å². The van der Waals surface area contributed by atoms with Gasteiger partial charge in [-0.25, -0.2) is 4.79 Å². The Morgan fingerprint density at radius 3 is 2.90 bits per heavy atom. The van der Waals surface area contributed by atoms with Crippen molar-refractivity contribution in [3.63, 3.8) is 0 Å². The average molecular weight is 316 g/mol. The first-order chi connectivity index (χ1) is 9.63. The largest absolute Gasteiger partial charge is 0.383 e. The molecule has 0 bridgehead atoms. The van der Waals surface area contributed by atoms with Gasteiger partial charge in [-0.15, -0.1) is 0 Å². The van der Waals surface area contributed by atoms with Gasteiger partial charge >= 0.3 is 5.69 Å². The zero-order valence-electron chi connectivity index (χ0n) is 11.5. The first kappa shape index (κ1) is 15.4. The lowest BCUT2D eigenvalue weighted by atomic mass is 10.3. The number of nitrogen functional groups attached to an aromatic ring is 1. The monoisotopic (exact) mass is 316 g/mol. The second kappa shape index (κ2) is 7.12. The predicted octanol–water partition coefficient (Wildman–Crippen LogP) is 0.789. The van der Waals surface area contributed by atoms with Gasteiger partial charge in [0.25, 0.3) is 5.56 Å². The Hall–Kier alpha value is -1.02. The Balaban J connectivity index is 2.16. The van der Waals surface area contributed by atoms with Crippen LogP contribution in [-0.2, 0) is 6.54 Å². The summed E-state index contributed by atoms with van der Waals surface area (Å²) in [5.41, 5.74) is 5.39. The maximum absolute atomic E-state index is 11.9. The molecule has 1 aromatic rings. The van der Waals surface area contributed by atoms with E-state index in [9.17, 15) is 9.59 Å². The van der Waals surface area contributed by atoms with Gasteiger partial charge in [0.05, 0.1) is 0 Å². The first-order valence-corrected chi connectivity index (χ1v) is 8.89. The molecular formula is C12H20N4O2S2. The van der Waals surface area contributed by atoms with Gasteiger partial charge in [-0.2, -0.15) is 23.5 Å². The van der Waals surface area contributed by atoms with Gasteiger partial charge in [-0.1, -0.05) is 6.92 Å². The molecule has 1 aliphatic rings. The molecule has 0 spiro atoms. The van der Waals surface area contributed by atoms with E-state index in [1.807, 2.05) is 30.4 Å². The van der Waals surface area contributed by atoms with Crippen LogP contribution < -0.4 is 22.3 Å². The highest BCUT2D eigenvalue weighted by atomic mass is 32.2. The van der Waals surface area contributed by atoms with Gasteiger partial charge in [0.2, 0.25) is 0 Å². The Kier molecular flexibility index (Phi) is 5.47. The first-order valence-electron chi connectivity index (χ1n) is 6.69. The van der Waals surface area contributed by atoms with Crippen molar-refractivity contribution in [3.05, 3.63) is 20.8 Å². The third-order valence-electron chi connectivity index (χ3n) is 3.08. The van der Waals surface area contributed by atoms with E-state index in [0.29, 0.717) is 24.0 Å². The SMILES string of the molecule is CCCn1c(N)c(NCC2CSCCS2)c(=O)[nH]c1=O. The van der Waals surface area contributed by atoms with Crippen LogP contribution in [-0.4, -0.2) is 38.6 Å². The van der Waals surface area contributed by atoms with E-state index in [-0.39, 0.29) is 5.82 Å². The second-order valence-electron chi connectivity index (χ2n) is 4.62. The highest BCUT2D eigenvalue weighted by molar-refractivity contribution is 8.06. The summed E-state index contributed by atoms with van der Waals surface area (Å²) in [6, 6.07) is 0. The summed E-state index contributed by atoms with van der Waals surface area (Å²) in [4.78, 5) is 25.9. The lowest BCUT2D eigenvalue weighted by molar-refractivity contribution is 0.642. The molecule has 0 aliphatic carbocycles. The molecule has 0 aromatic carbocycles. The third kappa shape index (κ3) is 3.54. The fourth-order valence-corrected chi connectivity index (χ4v) is 4.69. The van der Waals surface area contributed by atoms with E-state index in [0.717, 1.165) is 17.9 Å². The third-order valence-corrected chi connectivity index (χ3v) is 5.92. The van der Waals surface area contributed by atoms with Crippen LogP contribution in [0.3, 0.4) is 0 Å². The van der Waals surface area contributed by atoms with Crippen LogP contribution in [0.2, 0.25) is 0 Å². The number of rotatable bonds is 5. The van der Waals surface area contributed by atoms with E-state index in [1.54, 1.807) is 0 Å². The number of hydrogen-bond donors (Lipinski definition) is 3. The zero-order valence-corrected chi connectivity index (χ0v) is 13.1. The molecule has 0 radical (unpaired) electrons. The molecule has 2 heterocycles. The van der Waals surface area contributed by atoms with E-state index < -0.39 is 11.2 Å². The van der Waals surface area contributed by atoms with Gasteiger partial charge < -0.3 is 11.1 Å². The Morgan fingerprint density at radius 2 is 2.25 bits per heavy atom. The number of aromatic amines is 1. The maximum Gasteiger partial charge on any atom is 0.330 e. The predicted molar refractivity (Wildman–Crippen MR) is 88.1 cm³/mol. The second-order valence-corrected chi connectivity index (χ2v) is 7.18. The number of nitrogens with one attached hydrogen (secondary N) is 2. The minimum Gasteiger partial charge on any atom is -0.383 e. The van der Waals surface area contributed by atoms with Gasteiger partial charge in [-0.3, -0.25) is 14.3 Å². The van der Waals surface area contributed by atoms with E-state index >= 15 is 0 Å². The summed E-state index contributed by atoms with van der Waals surface area (Å²) in [6.45, 7) is 3.15. The number of anilines is 2. The van der Waals surface area contributed by atoms with Crippen LogP contribution in [0.25, 0.3) is 0 Å². The number of nitrogens with zero attached hydrogens (tertiary/aromatic N) is 1. The van der Waals surface area contributed by atoms with Gasteiger partial charge in [0.1, 0.15) is 11.5 Å². The topological polar surface area (TPSA) is 92.9 Å². The lowest BCUT2D eigenvalue weighted by Crippen LogP contribution is -2.35. The number of thioether (sulfide) groups is 2. The van der Waals surface area contributed by atoms with Crippen molar-refractivity contribution in [3.8, 4) is 0 Å². The molecule has 0 saturated carbocycles. The summed E-state index contributed by atoms with van der Waals surface area (Å²) in [5.74, 6) is 3.63. The molecule has 1 fully saturated rings. The van der Waals surface area contributed by atoms with E-state index in [4.69, 9.17) is 5.73 Å². The highest BCUT2D eigenvalue weighted by Gasteiger charge is 2.17. The minimum absolute atomic E-state index is 0.231. The highest BCUT2D eigenvalue weighted by Crippen LogP contribution is 2.24. The Bertz CT molecular complexity index is 564. The summed E-state index contributed by atoms with van der Waals surface area (Å²) in [5, 5.41) is 3.59. The molecule has 4 N–H and O–H groups in total. The summed E-state index contributed by atoms with van der Waals surface area (Å²) < 4.78 is 1.41. The fraction of sp³-hybridized carbons (Fsp3) is 0.667. The normalized spacial score (nSPS) is 18.9. The summed E-state index contributed by atoms with van der Waals surface area (Å²) >= 11 is 3.83. The van der Waals surface area contributed by atoms with Crippen LogP contribution in [0.5, 0.6) is 0 Å². The van der Waals surface area contributed by atoms with Crippen LogP contribution in [0.1, 0.15) is 13.3 Å². The smallest absolute Gasteiger partial charge is 0.330 e. The van der Waals surface area contributed by atoms with Crippen molar-refractivity contribution in [2.24, 2.45) is 0 Å². The molecule has 1 aliphatic heterocycles. The molecular weight excluding hydrogens is 296 g/mol. The quantitative estimate of drug-likeness (QED) is 0.744. The van der Waals surface area contributed by atoms with Crippen molar-refractivity contribution in [2.75, 3.05) is 34.9 Å². The van der Waals surface area contributed by atoms with E-state index in [2.05, 4.69) is 10.3 Å². The number of aromatic nitrogens is 2. The molecule has 6 nitrogen and oxygen atoms in total. The fourth-order valence-electron chi connectivity index (χ4n) is 2.07. The molecule has 112 valence electrons. The van der Waals surface area contributed by atoms with Crippen molar-refractivity contribution < 1.29 is 0 Å². The Morgan fingerprint density at radius 1 is 1.45 bits per heavy atom. The summed E-state index contributed by atoms with van der Waals surface area (Å²) in [7, 11) is 0. The molecule has 2 rings (SSSR count). The van der Waals surface area contributed by atoms with Crippen LogP contribution in [0, 0.1) is 0 Å². The van der Waals surface area contributed by atoms with Crippen molar-refractivity contribution in [2.45, 2.75) is 25.1 Å². The van der Waals surface area contributed by atoms with Crippen LogP contribution >= 0.6 is 23.5 Å². The molecule has 1 atom stereocenters. The number of nitrogens with two attached hydrogens (primary N) is 1. The molecule has 1 saturated heterocycles. The molecule has 1 unspecified atom stereocenters. The van der Waals surface area contributed by atoms with Crippen LogP contribution in [0.15, 0.2) is 9.59 Å². The number of hydrogen-bond acceptors (Lipinski definition) is 6. The van der Waals surface area contributed by atoms with Crippen molar-refractivity contribution >= 4 is 35.0 Å². The molecule has 8 heteroatoms. The van der Waals surface area contributed by atoms with Gasteiger partial charge in [0, 0.05) is 35.6 Å². The minimum atomic E-state index is -0.442. The van der Waals surface area contributed by atoms with Gasteiger partial charge in [0.15, 0.2) is 0 Å². The number of H-pyrrole nitrogens is 1. The summed E-state index contributed by atoms with van der Waals surface area (Å²) in [6.07, 6.45) is 0.782. The maximum atomic E-state index is 11.9. The average Bonchev–Trinajstić information content (AvgIpc) is 2.44. The Labute approximate surface area is 125 Å². The standard InChI is InChI=1S/C12H20N4O2S2/c1-2-3-16-10(13)9(11(17)15-12(16)18)14-6-8-7-19-4-5-20-8/h8,14H,2-7,13H2,1H3,(H,15,17,18). The van der Waals surface area contributed by atoms with Gasteiger partial charge in [-0.05, 0) is 6.42 Å². The zero-order chi connectivity index (χ0) is 14.5. The van der Waals surface area contributed by atoms with Crippen molar-refractivity contribution in [1.29, 1.82) is 0 Å². The molecule has 20 heavy (non-hydrogen) atoms. The van der Waals surface area contributed by atoms with E-state index in [1.165, 1.54) is 10.3 Å².